The van der Waals surface area contributed by atoms with Crippen molar-refractivity contribution in [2.75, 3.05) is 18.5 Å². The zero-order valence-corrected chi connectivity index (χ0v) is 16.6. The predicted octanol–water partition coefficient (Wildman–Crippen LogP) is 5.00. The lowest BCUT2D eigenvalue weighted by atomic mass is 9.86. The molecular weight excluding hydrogens is 352 g/mol. The van der Waals surface area contributed by atoms with Crippen molar-refractivity contribution >= 4 is 25.6 Å². The van der Waals surface area contributed by atoms with Crippen LogP contribution in [-0.2, 0) is 10.0 Å². The van der Waals surface area contributed by atoms with Crippen LogP contribution >= 0.6 is 11.6 Å². The number of benzene rings is 1. The molecule has 136 valence electrons. The molecule has 0 spiro atoms. The lowest BCUT2D eigenvalue weighted by Crippen LogP contribution is -2.52. The third kappa shape index (κ3) is 3.47. The van der Waals surface area contributed by atoms with Crippen molar-refractivity contribution in [2.24, 2.45) is 0 Å². The van der Waals surface area contributed by atoms with Gasteiger partial charge < -0.3 is 14.8 Å². The van der Waals surface area contributed by atoms with Gasteiger partial charge in [0.25, 0.3) is 5.92 Å². The van der Waals surface area contributed by atoms with E-state index in [9.17, 15) is 13.9 Å². The number of rotatable bonds is 3. The maximum absolute atomic E-state index is 14.8. The predicted molar refractivity (Wildman–Crippen MR) is 96.6 cm³/mol. The van der Waals surface area contributed by atoms with Gasteiger partial charge in [-0.2, -0.15) is 0 Å². The standard InChI is InChI=1S/C17H26ClF2NO2Si/c1-15(2,3)24(4,5)23-11-16(22)13-10-12(18)6-7-14(13)21-9-8-17(16,19)20/h6-7,10,21-22H,8-9,11H2,1-5H3. The fourth-order valence-electron chi connectivity index (χ4n) is 2.46. The highest BCUT2D eigenvalue weighted by atomic mass is 35.5. The molecule has 24 heavy (non-hydrogen) atoms. The molecule has 7 heteroatoms. The van der Waals surface area contributed by atoms with Crippen LogP contribution in [-0.4, -0.2) is 32.5 Å². The van der Waals surface area contributed by atoms with E-state index in [0.717, 1.165) is 0 Å². The normalized spacial score (nSPS) is 24.0. The Hall–Kier alpha value is -0.693. The number of fused-ring (bicyclic) bond motifs is 1. The van der Waals surface area contributed by atoms with Crippen molar-refractivity contribution in [3.05, 3.63) is 28.8 Å². The molecular formula is C17H26ClF2NO2Si. The largest absolute Gasteiger partial charge is 0.413 e. The summed E-state index contributed by atoms with van der Waals surface area (Å²) in [4.78, 5) is 0. The zero-order chi connectivity index (χ0) is 18.4. The van der Waals surface area contributed by atoms with Gasteiger partial charge in [0.05, 0.1) is 6.61 Å². The molecule has 2 N–H and O–H groups in total. The average Bonchev–Trinajstić information content (AvgIpc) is 2.53. The van der Waals surface area contributed by atoms with Crippen molar-refractivity contribution in [3.63, 3.8) is 0 Å². The summed E-state index contributed by atoms with van der Waals surface area (Å²) < 4.78 is 35.6. The smallest absolute Gasteiger partial charge is 0.284 e. The summed E-state index contributed by atoms with van der Waals surface area (Å²) in [6, 6.07) is 4.64. The molecule has 1 aromatic carbocycles. The van der Waals surface area contributed by atoms with Crippen LogP contribution in [0.2, 0.25) is 23.2 Å². The molecule has 0 aromatic heterocycles. The molecule has 1 aliphatic rings. The van der Waals surface area contributed by atoms with Crippen LogP contribution in [0.15, 0.2) is 18.2 Å². The lowest BCUT2D eigenvalue weighted by Gasteiger charge is -2.41. The van der Waals surface area contributed by atoms with Gasteiger partial charge in [-0.25, -0.2) is 8.78 Å². The second-order valence-electron chi connectivity index (χ2n) is 7.98. The van der Waals surface area contributed by atoms with Crippen molar-refractivity contribution in [2.45, 2.75) is 56.8 Å². The zero-order valence-electron chi connectivity index (χ0n) is 14.8. The van der Waals surface area contributed by atoms with Gasteiger partial charge in [-0.3, -0.25) is 0 Å². The van der Waals surface area contributed by atoms with Crippen molar-refractivity contribution in [1.29, 1.82) is 0 Å². The number of hydrogen-bond acceptors (Lipinski definition) is 3. The molecule has 3 nitrogen and oxygen atoms in total. The Kier molecular flexibility index (Phi) is 5.10. The van der Waals surface area contributed by atoms with Crippen LogP contribution < -0.4 is 5.32 Å². The Bertz CT molecular complexity index is 619. The maximum atomic E-state index is 14.8. The minimum absolute atomic E-state index is 0.0734. The third-order valence-electron chi connectivity index (χ3n) is 5.23. The van der Waals surface area contributed by atoms with Gasteiger partial charge in [0.15, 0.2) is 13.9 Å². The second-order valence-corrected chi connectivity index (χ2v) is 13.2. The molecule has 1 aliphatic heterocycles. The molecule has 0 radical (unpaired) electrons. The van der Waals surface area contributed by atoms with Crippen LogP contribution in [0.25, 0.3) is 0 Å². The fraction of sp³-hybridized carbons (Fsp3) is 0.647. The summed E-state index contributed by atoms with van der Waals surface area (Å²) in [7, 11) is -2.30. The van der Waals surface area contributed by atoms with E-state index in [0.29, 0.717) is 10.7 Å². The molecule has 1 unspecified atom stereocenters. The topological polar surface area (TPSA) is 41.5 Å². The number of alkyl halides is 2. The van der Waals surface area contributed by atoms with Gasteiger partial charge in [-0.1, -0.05) is 32.4 Å². The molecule has 0 amide bonds. The van der Waals surface area contributed by atoms with E-state index < -0.39 is 32.9 Å². The highest BCUT2D eigenvalue weighted by molar-refractivity contribution is 6.74. The highest BCUT2D eigenvalue weighted by Crippen LogP contribution is 2.47. The van der Waals surface area contributed by atoms with E-state index in [1.54, 1.807) is 12.1 Å². The van der Waals surface area contributed by atoms with Gasteiger partial charge in [0.2, 0.25) is 0 Å². The van der Waals surface area contributed by atoms with Gasteiger partial charge in [0.1, 0.15) is 0 Å². The number of aliphatic hydroxyl groups is 1. The SMILES string of the molecule is CC(C)(C)[Si](C)(C)OCC1(O)c2cc(Cl)ccc2NCCC1(F)F. The van der Waals surface area contributed by atoms with Gasteiger partial charge in [0, 0.05) is 29.2 Å². The van der Waals surface area contributed by atoms with Crippen LogP contribution in [0.4, 0.5) is 14.5 Å². The molecule has 0 saturated heterocycles. The lowest BCUT2D eigenvalue weighted by molar-refractivity contribution is -0.203. The quantitative estimate of drug-likeness (QED) is 0.728. The summed E-state index contributed by atoms with van der Waals surface area (Å²) in [6.07, 6.45) is -0.476. The van der Waals surface area contributed by atoms with E-state index in [2.05, 4.69) is 5.32 Å². The van der Waals surface area contributed by atoms with E-state index in [4.69, 9.17) is 16.0 Å². The molecule has 0 fully saturated rings. The maximum Gasteiger partial charge on any atom is 0.284 e. The Labute approximate surface area is 148 Å². The van der Waals surface area contributed by atoms with Crippen LogP contribution in [0.5, 0.6) is 0 Å². The summed E-state index contributed by atoms with van der Waals surface area (Å²) in [5.41, 5.74) is -1.85. The van der Waals surface area contributed by atoms with Gasteiger partial charge in [-0.15, -0.1) is 0 Å². The van der Waals surface area contributed by atoms with Crippen molar-refractivity contribution < 1.29 is 18.3 Å². The first-order chi connectivity index (χ1) is 10.8. The molecule has 1 atom stereocenters. The fourth-order valence-corrected chi connectivity index (χ4v) is 3.63. The molecule has 1 heterocycles. The molecule has 2 rings (SSSR count). The first-order valence-corrected chi connectivity index (χ1v) is 11.4. The number of nitrogens with one attached hydrogen (secondary N) is 1. The summed E-state index contributed by atoms with van der Waals surface area (Å²) in [5.74, 6) is -3.32. The van der Waals surface area contributed by atoms with E-state index in [-0.39, 0.29) is 17.1 Å². The van der Waals surface area contributed by atoms with E-state index >= 15 is 0 Å². The number of hydrogen-bond donors (Lipinski definition) is 2. The monoisotopic (exact) mass is 377 g/mol. The van der Waals surface area contributed by atoms with Crippen molar-refractivity contribution in [3.8, 4) is 0 Å². The molecule has 0 saturated carbocycles. The van der Waals surface area contributed by atoms with Crippen LogP contribution in [0, 0.1) is 0 Å². The highest BCUT2D eigenvalue weighted by Gasteiger charge is 2.56. The summed E-state index contributed by atoms with van der Waals surface area (Å²) in [5, 5.41) is 14.1. The van der Waals surface area contributed by atoms with Gasteiger partial charge in [-0.05, 0) is 36.3 Å². The number of anilines is 1. The Balaban J connectivity index is 2.45. The minimum atomic E-state index is -3.32. The van der Waals surface area contributed by atoms with Crippen LogP contribution in [0.1, 0.15) is 32.8 Å². The molecule has 1 aromatic rings. The minimum Gasteiger partial charge on any atom is -0.413 e. The first kappa shape index (κ1) is 19.6. The Morgan fingerprint density at radius 2 is 1.96 bits per heavy atom. The first-order valence-electron chi connectivity index (χ1n) is 8.08. The summed E-state index contributed by atoms with van der Waals surface area (Å²) >= 11 is 6.00. The van der Waals surface area contributed by atoms with Crippen LogP contribution in [0.3, 0.4) is 0 Å². The number of halogens is 3. The van der Waals surface area contributed by atoms with Gasteiger partial charge >= 0.3 is 0 Å². The molecule has 0 bridgehead atoms. The Morgan fingerprint density at radius 1 is 1.33 bits per heavy atom. The van der Waals surface area contributed by atoms with E-state index in [1.807, 2.05) is 33.9 Å². The average molecular weight is 378 g/mol. The summed E-state index contributed by atoms with van der Waals surface area (Å²) in [6.45, 7) is 9.66. The third-order valence-corrected chi connectivity index (χ3v) is 9.95. The Morgan fingerprint density at radius 3 is 2.54 bits per heavy atom. The van der Waals surface area contributed by atoms with E-state index in [1.165, 1.54) is 6.07 Å². The second kappa shape index (κ2) is 6.23. The molecule has 0 aliphatic carbocycles. The van der Waals surface area contributed by atoms with Crippen molar-refractivity contribution in [1.82, 2.24) is 0 Å².